The number of hydrogen-bond donors (Lipinski definition) is 0. The van der Waals surface area contributed by atoms with Crippen LogP contribution in [0.2, 0.25) is 0 Å². The van der Waals surface area contributed by atoms with E-state index in [4.69, 9.17) is 4.98 Å². The monoisotopic (exact) mass is 363 g/mol. The number of pyridine rings is 1. The van der Waals surface area contributed by atoms with Crippen molar-refractivity contribution in [2.45, 2.75) is 38.6 Å². The minimum Gasteiger partial charge on any atom is -0.299 e. The fourth-order valence-corrected chi connectivity index (χ4v) is 4.69. The number of nitrogens with zero attached hydrogens (tertiary/aromatic N) is 3. The normalized spacial score (nSPS) is 17.3. The lowest BCUT2D eigenvalue weighted by atomic mass is 9.70. The van der Waals surface area contributed by atoms with Crippen LogP contribution >= 0.6 is 11.3 Å². The first-order chi connectivity index (χ1) is 12.7. The van der Waals surface area contributed by atoms with Gasteiger partial charge in [0.15, 0.2) is 0 Å². The zero-order valence-corrected chi connectivity index (χ0v) is 16.3. The number of piperidine rings is 1. The van der Waals surface area contributed by atoms with Gasteiger partial charge in [-0.15, -0.1) is 11.3 Å². The number of likely N-dealkylation sites (tertiary alicyclic amines) is 1. The molecule has 26 heavy (non-hydrogen) atoms. The molecule has 1 aliphatic heterocycles. The molecule has 134 valence electrons. The van der Waals surface area contributed by atoms with E-state index in [-0.39, 0.29) is 5.41 Å². The van der Waals surface area contributed by atoms with E-state index in [2.05, 4.69) is 64.7 Å². The van der Waals surface area contributed by atoms with Crippen LogP contribution in [-0.2, 0) is 12.0 Å². The van der Waals surface area contributed by atoms with E-state index < -0.39 is 0 Å². The highest BCUT2D eigenvalue weighted by Gasteiger charge is 2.39. The van der Waals surface area contributed by atoms with Crippen LogP contribution in [0.3, 0.4) is 0 Å². The molecule has 0 radical (unpaired) electrons. The van der Waals surface area contributed by atoms with Crippen molar-refractivity contribution in [3.05, 3.63) is 81.6 Å². The van der Waals surface area contributed by atoms with Gasteiger partial charge in [0, 0.05) is 29.2 Å². The summed E-state index contributed by atoms with van der Waals surface area (Å²) in [7, 11) is 0. The summed E-state index contributed by atoms with van der Waals surface area (Å²) in [6.07, 6.45) is 4.23. The van der Waals surface area contributed by atoms with Crippen molar-refractivity contribution in [2.24, 2.45) is 0 Å². The highest BCUT2D eigenvalue weighted by molar-refractivity contribution is 7.09. The fourth-order valence-electron chi connectivity index (χ4n) is 3.98. The highest BCUT2D eigenvalue weighted by atomic mass is 32.1. The van der Waals surface area contributed by atoms with Crippen LogP contribution in [0.25, 0.3) is 0 Å². The van der Waals surface area contributed by atoms with Gasteiger partial charge in [-0.3, -0.25) is 9.88 Å². The molecule has 1 aromatic carbocycles. The predicted octanol–water partition coefficient (Wildman–Crippen LogP) is 4.74. The van der Waals surface area contributed by atoms with Crippen LogP contribution < -0.4 is 0 Å². The molecule has 2 aromatic heterocycles. The molecule has 4 rings (SSSR count). The maximum absolute atomic E-state index is 4.89. The minimum atomic E-state index is 0.0496. The summed E-state index contributed by atoms with van der Waals surface area (Å²) in [4.78, 5) is 11.9. The van der Waals surface area contributed by atoms with Crippen LogP contribution in [0.5, 0.6) is 0 Å². The van der Waals surface area contributed by atoms with Crippen LogP contribution in [0.1, 0.15) is 40.4 Å². The molecule has 3 heterocycles. The SMILES string of the molecule is Cc1ccc(CN2CCC(c3ccccc3)(c3csc(C)n3)CC2)cn1. The van der Waals surface area contributed by atoms with Crippen LogP contribution in [0, 0.1) is 13.8 Å². The summed E-state index contributed by atoms with van der Waals surface area (Å²) in [6.45, 7) is 7.29. The molecule has 3 aromatic rings. The van der Waals surface area contributed by atoms with Crippen molar-refractivity contribution in [1.82, 2.24) is 14.9 Å². The maximum atomic E-state index is 4.89. The molecule has 1 saturated heterocycles. The molecule has 0 spiro atoms. The summed E-state index contributed by atoms with van der Waals surface area (Å²) >= 11 is 1.76. The molecular weight excluding hydrogens is 338 g/mol. The Morgan fingerprint density at radius 3 is 2.42 bits per heavy atom. The van der Waals surface area contributed by atoms with E-state index in [0.29, 0.717) is 0 Å². The van der Waals surface area contributed by atoms with E-state index in [1.165, 1.54) is 16.8 Å². The molecule has 1 aliphatic rings. The van der Waals surface area contributed by atoms with Gasteiger partial charge in [-0.05, 0) is 57.0 Å². The maximum Gasteiger partial charge on any atom is 0.0897 e. The van der Waals surface area contributed by atoms with Gasteiger partial charge < -0.3 is 0 Å². The molecule has 3 nitrogen and oxygen atoms in total. The Morgan fingerprint density at radius 1 is 1.04 bits per heavy atom. The molecule has 0 N–H and O–H groups in total. The third kappa shape index (κ3) is 3.44. The number of rotatable bonds is 4. The lowest BCUT2D eigenvalue weighted by Gasteiger charge is -2.41. The van der Waals surface area contributed by atoms with Gasteiger partial charge >= 0.3 is 0 Å². The average molecular weight is 364 g/mol. The molecule has 0 unspecified atom stereocenters. The van der Waals surface area contributed by atoms with Crippen LogP contribution in [0.4, 0.5) is 0 Å². The number of hydrogen-bond acceptors (Lipinski definition) is 4. The molecule has 0 amide bonds. The number of thiazole rings is 1. The van der Waals surface area contributed by atoms with Crippen LogP contribution in [0.15, 0.2) is 54.0 Å². The molecule has 0 aliphatic carbocycles. The lowest BCUT2D eigenvalue weighted by Crippen LogP contribution is -2.43. The first kappa shape index (κ1) is 17.4. The summed E-state index contributed by atoms with van der Waals surface area (Å²) in [5.41, 5.74) is 5.08. The van der Waals surface area contributed by atoms with Crippen molar-refractivity contribution < 1.29 is 0 Å². The summed E-state index contributed by atoms with van der Waals surface area (Å²) < 4.78 is 0. The second-order valence-electron chi connectivity index (χ2n) is 7.28. The zero-order chi connectivity index (χ0) is 18.0. The average Bonchev–Trinajstić information content (AvgIpc) is 3.12. The molecule has 0 atom stereocenters. The topological polar surface area (TPSA) is 29.0 Å². The van der Waals surface area contributed by atoms with Gasteiger partial charge in [0.05, 0.1) is 10.7 Å². The highest BCUT2D eigenvalue weighted by Crippen LogP contribution is 2.42. The van der Waals surface area contributed by atoms with Gasteiger partial charge in [0.1, 0.15) is 0 Å². The van der Waals surface area contributed by atoms with E-state index >= 15 is 0 Å². The van der Waals surface area contributed by atoms with Crippen molar-refractivity contribution >= 4 is 11.3 Å². The second-order valence-corrected chi connectivity index (χ2v) is 8.35. The van der Waals surface area contributed by atoms with Gasteiger partial charge in [-0.25, -0.2) is 4.98 Å². The van der Waals surface area contributed by atoms with Crippen molar-refractivity contribution in [2.75, 3.05) is 13.1 Å². The molecular formula is C22H25N3S. The van der Waals surface area contributed by atoms with E-state index in [1.807, 2.05) is 13.1 Å². The van der Waals surface area contributed by atoms with Gasteiger partial charge in [-0.2, -0.15) is 0 Å². The molecule has 1 fully saturated rings. The second kappa shape index (κ2) is 7.29. The van der Waals surface area contributed by atoms with E-state index in [1.54, 1.807) is 11.3 Å². The van der Waals surface area contributed by atoms with Crippen molar-refractivity contribution in [1.29, 1.82) is 0 Å². The number of aromatic nitrogens is 2. The summed E-state index contributed by atoms with van der Waals surface area (Å²) in [5, 5.41) is 3.42. The number of benzene rings is 1. The van der Waals surface area contributed by atoms with Crippen molar-refractivity contribution in [3.8, 4) is 0 Å². The van der Waals surface area contributed by atoms with Gasteiger partial charge in [0.2, 0.25) is 0 Å². The molecule has 0 bridgehead atoms. The third-order valence-corrected chi connectivity index (χ3v) is 6.30. The first-order valence-electron chi connectivity index (χ1n) is 9.28. The Labute approximate surface area is 159 Å². The lowest BCUT2D eigenvalue weighted by molar-refractivity contribution is 0.170. The Morgan fingerprint density at radius 2 is 1.81 bits per heavy atom. The van der Waals surface area contributed by atoms with E-state index in [0.717, 1.165) is 43.2 Å². The minimum absolute atomic E-state index is 0.0496. The Balaban J connectivity index is 1.55. The Bertz CT molecular complexity index is 847. The fraction of sp³-hybridized carbons (Fsp3) is 0.364. The predicted molar refractivity (Wildman–Crippen MR) is 108 cm³/mol. The van der Waals surface area contributed by atoms with Crippen molar-refractivity contribution in [3.63, 3.8) is 0 Å². The van der Waals surface area contributed by atoms with Crippen LogP contribution in [-0.4, -0.2) is 28.0 Å². The summed E-state index contributed by atoms with van der Waals surface area (Å²) in [5.74, 6) is 0. The number of aryl methyl sites for hydroxylation is 2. The zero-order valence-electron chi connectivity index (χ0n) is 15.5. The Kier molecular flexibility index (Phi) is 4.88. The third-order valence-electron chi connectivity index (χ3n) is 5.52. The van der Waals surface area contributed by atoms with Gasteiger partial charge in [-0.1, -0.05) is 36.4 Å². The smallest absolute Gasteiger partial charge is 0.0897 e. The van der Waals surface area contributed by atoms with E-state index in [9.17, 15) is 0 Å². The Hall–Kier alpha value is -2.04. The largest absolute Gasteiger partial charge is 0.299 e. The summed E-state index contributed by atoms with van der Waals surface area (Å²) in [6, 6.07) is 15.3. The van der Waals surface area contributed by atoms with Gasteiger partial charge in [0.25, 0.3) is 0 Å². The first-order valence-corrected chi connectivity index (χ1v) is 10.2. The quantitative estimate of drug-likeness (QED) is 0.670. The molecule has 4 heteroatoms. The molecule has 0 saturated carbocycles. The standard InChI is InChI=1S/C22H25N3S/c1-17-8-9-19(14-23-17)15-25-12-10-22(11-13-25,20-6-4-3-5-7-20)21-16-26-18(2)24-21/h3-9,14,16H,10-13,15H2,1-2H3.